The fourth-order valence-corrected chi connectivity index (χ4v) is 9.44. The molecule has 2 saturated heterocycles. The number of fused-ring (bicyclic) bond motifs is 6. The molecule has 216 valence electrons. The molecule has 5 aliphatic rings. The number of carbonyl (C=O) groups is 2. The van der Waals surface area contributed by atoms with E-state index in [1.165, 1.54) is 26.5 Å². The van der Waals surface area contributed by atoms with E-state index in [-0.39, 0.29) is 18.2 Å². The van der Waals surface area contributed by atoms with Crippen molar-refractivity contribution in [3.05, 3.63) is 24.3 Å². The van der Waals surface area contributed by atoms with Crippen LogP contribution in [0.5, 0.6) is 0 Å². The molecule has 1 unspecified atom stereocenters. The first-order valence-corrected chi connectivity index (χ1v) is 15.4. The van der Waals surface area contributed by atoms with Crippen LogP contribution in [0.2, 0.25) is 0 Å². The maximum Gasteiger partial charge on any atom is 0.417 e. The average molecular weight is 577 g/mol. The Morgan fingerprint density at radius 2 is 1.65 bits per heavy atom. The number of rotatable bonds is 5. The lowest BCUT2D eigenvalue weighted by molar-refractivity contribution is -0.282. The number of carbonyl (C=O) groups excluding carboxylic acids is 2. The van der Waals surface area contributed by atoms with Crippen molar-refractivity contribution >= 4 is 39.3 Å². The Morgan fingerprint density at radius 1 is 0.975 bits per heavy atom. The van der Waals surface area contributed by atoms with Gasteiger partial charge in [-0.15, -0.1) is 0 Å². The lowest BCUT2D eigenvalue weighted by Crippen LogP contribution is -2.54. The van der Waals surface area contributed by atoms with Crippen LogP contribution >= 0.6 is 11.5 Å². The number of piperazine rings is 1. The molecular formula is C29H35F3N4O3S. The van der Waals surface area contributed by atoms with Crippen molar-refractivity contribution in [3.63, 3.8) is 0 Å². The molecule has 11 heteroatoms. The Morgan fingerprint density at radius 3 is 2.38 bits per heavy atom. The number of imide groups is 1. The minimum atomic E-state index is -4.79. The first kappa shape index (κ1) is 26.6. The number of anilines is 1. The smallest absolute Gasteiger partial charge is 0.380 e. The summed E-state index contributed by atoms with van der Waals surface area (Å²) in [6, 6.07) is 8.30. The summed E-state index contributed by atoms with van der Waals surface area (Å²) in [6.07, 6.45) is -1.06. The number of alkyl halides is 3. The third-order valence-electron chi connectivity index (χ3n) is 10.7. The van der Waals surface area contributed by atoms with Crippen LogP contribution in [0.4, 0.5) is 19.0 Å². The van der Waals surface area contributed by atoms with Crippen LogP contribution in [-0.2, 0) is 9.59 Å². The summed E-state index contributed by atoms with van der Waals surface area (Å²) in [4.78, 5) is 32.9. The number of benzene rings is 1. The molecule has 2 aliphatic heterocycles. The van der Waals surface area contributed by atoms with Gasteiger partial charge in [-0.2, -0.15) is 17.5 Å². The first-order chi connectivity index (χ1) is 19.2. The van der Waals surface area contributed by atoms with Crippen LogP contribution in [0, 0.1) is 35.5 Å². The van der Waals surface area contributed by atoms with Crippen LogP contribution in [0.25, 0.3) is 10.1 Å². The van der Waals surface area contributed by atoms with E-state index in [2.05, 4.69) is 21.9 Å². The SMILES string of the molecule is O=C1[C@@H]2[C@@H]3C[C@H]([C@@H]2C(=O)N1C[C@@H]1CCCCC1CN1CCN(c2nsc4ccccc24)CC1)[C@@](O)(C(F)(F)F)C3. The molecule has 7 atom stereocenters. The maximum atomic E-state index is 13.7. The molecule has 3 aliphatic carbocycles. The minimum Gasteiger partial charge on any atom is -0.380 e. The van der Waals surface area contributed by atoms with Gasteiger partial charge in [-0.1, -0.05) is 25.0 Å². The summed E-state index contributed by atoms with van der Waals surface area (Å²) in [7, 11) is 0. The molecule has 3 saturated carbocycles. The van der Waals surface area contributed by atoms with Crippen molar-refractivity contribution in [2.24, 2.45) is 35.5 Å². The summed E-state index contributed by atoms with van der Waals surface area (Å²) in [6.45, 7) is 4.81. The predicted molar refractivity (Wildman–Crippen MR) is 145 cm³/mol. The maximum absolute atomic E-state index is 13.7. The molecule has 2 aromatic rings. The zero-order valence-electron chi connectivity index (χ0n) is 22.4. The summed E-state index contributed by atoms with van der Waals surface area (Å²) in [5, 5.41) is 11.7. The largest absolute Gasteiger partial charge is 0.417 e. The normalized spacial score (nSPS) is 36.7. The topological polar surface area (TPSA) is 77.0 Å². The van der Waals surface area contributed by atoms with Crippen LogP contribution in [0.15, 0.2) is 24.3 Å². The third kappa shape index (κ3) is 4.09. The van der Waals surface area contributed by atoms with Gasteiger partial charge in [0.25, 0.3) is 0 Å². The van der Waals surface area contributed by atoms with Gasteiger partial charge in [0.15, 0.2) is 5.60 Å². The molecule has 0 spiro atoms. The zero-order valence-corrected chi connectivity index (χ0v) is 23.2. The van der Waals surface area contributed by atoms with Gasteiger partial charge < -0.3 is 10.0 Å². The summed E-state index contributed by atoms with van der Waals surface area (Å²) < 4.78 is 47.1. The Labute approximate surface area is 235 Å². The molecule has 5 fully saturated rings. The van der Waals surface area contributed by atoms with E-state index >= 15 is 0 Å². The second kappa shape index (κ2) is 9.66. The molecule has 1 aromatic carbocycles. The molecule has 2 amide bonds. The van der Waals surface area contributed by atoms with Gasteiger partial charge in [-0.05, 0) is 67.1 Å². The van der Waals surface area contributed by atoms with Gasteiger partial charge in [0.05, 0.1) is 16.5 Å². The predicted octanol–water partition coefficient (Wildman–Crippen LogP) is 4.16. The van der Waals surface area contributed by atoms with E-state index in [1.54, 1.807) is 0 Å². The van der Waals surface area contributed by atoms with E-state index in [0.717, 1.165) is 64.2 Å². The highest BCUT2D eigenvalue weighted by Gasteiger charge is 2.74. The van der Waals surface area contributed by atoms with Crippen molar-refractivity contribution in [1.29, 1.82) is 0 Å². The van der Waals surface area contributed by atoms with Gasteiger partial charge in [-0.25, -0.2) is 0 Å². The van der Waals surface area contributed by atoms with Gasteiger partial charge >= 0.3 is 6.18 Å². The fraction of sp³-hybridized carbons (Fsp3) is 0.690. The Hall–Kier alpha value is -2.24. The number of likely N-dealkylation sites (tertiary alicyclic amines) is 1. The standard InChI is InChI=1S/C29H35F3N4O3S/c30-29(31,32)28(39)14-19-13-21(28)24-23(19)26(37)36(27(24)38)16-18-6-2-1-5-17(18)15-34-9-11-35(12-10-34)25-20-7-3-4-8-22(20)40-33-25/h3-4,7-8,17-19,21,23-24,39H,1-2,5-6,9-16H2/t17?,18-,19+,21+,23+,24-,28+/m0/s1. The number of amides is 2. The number of hydrogen-bond donors (Lipinski definition) is 1. The van der Waals surface area contributed by atoms with E-state index in [0.29, 0.717) is 12.5 Å². The number of halogens is 3. The van der Waals surface area contributed by atoms with Crippen LogP contribution in [-0.4, -0.2) is 82.1 Å². The number of aromatic nitrogens is 1. The lowest BCUT2D eigenvalue weighted by atomic mass is 9.72. The Balaban J connectivity index is 0.998. The van der Waals surface area contributed by atoms with Crippen molar-refractivity contribution in [2.45, 2.75) is 50.3 Å². The molecule has 3 heterocycles. The second-order valence-corrected chi connectivity index (χ2v) is 13.5. The zero-order chi connectivity index (χ0) is 27.8. The van der Waals surface area contributed by atoms with Gasteiger partial charge in [0, 0.05) is 50.6 Å². The molecule has 0 radical (unpaired) electrons. The lowest BCUT2D eigenvalue weighted by Gasteiger charge is -2.40. The van der Waals surface area contributed by atoms with Crippen molar-refractivity contribution < 1.29 is 27.9 Å². The Bertz CT molecular complexity index is 1310. The minimum absolute atomic E-state index is 0.103. The molecule has 7 nitrogen and oxygen atoms in total. The number of aliphatic hydroxyl groups is 1. The second-order valence-electron chi connectivity index (χ2n) is 12.7. The van der Waals surface area contributed by atoms with Crippen LogP contribution in [0.3, 0.4) is 0 Å². The quantitative estimate of drug-likeness (QED) is 0.539. The van der Waals surface area contributed by atoms with Crippen molar-refractivity contribution in [2.75, 3.05) is 44.2 Å². The van der Waals surface area contributed by atoms with Crippen LogP contribution in [0.1, 0.15) is 38.5 Å². The molecule has 1 N–H and O–H groups in total. The van der Waals surface area contributed by atoms with E-state index in [4.69, 9.17) is 4.37 Å². The summed E-state index contributed by atoms with van der Waals surface area (Å²) >= 11 is 1.53. The van der Waals surface area contributed by atoms with Crippen molar-refractivity contribution in [3.8, 4) is 0 Å². The van der Waals surface area contributed by atoms with Gasteiger partial charge in [0.2, 0.25) is 11.8 Å². The van der Waals surface area contributed by atoms with E-state index < -0.39 is 47.8 Å². The molecule has 2 bridgehead atoms. The molecule has 40 heavy (non-hydrogen) atoms. The van der Waals surface area contributed by atoms with Gasteiger partial charge in [0.1, 0.15) is 5.82 Å². The average Bonchev–Trinajstić information content (AvgIpc) is 3.68. The van der Waals surface area contributed by atoms with Crippen LogP contribution < -0.4 is 4.90 Å². The Kier molecular flexibility index (Phi) is 6.43. The summed E-state index contributed by atoms with van der Waals surface area (Å²) in [5.74, 6) is -2.76. The van der Waals surface area contributed by atoms with E-state index in [9.17, 15) is 27.9 Å². The molecule has 7 rings (SSSR count). The first-order valence-electron chi connectivity index (χ1n) is 14.6. The monoisotopic (exact) mass is 576 g/mol. The summed E-state index contributed by atoms with van der Waals surface area (Å²) in [5.41, 5.74) is -2.86. The van der Waals surface area contributed by atoms with Crippen molar-refractivity contribution in [1.82, 2.24) is 14.2 Å². The van der Waals surface area contributed by atoms with Gasteiger partial charge in [-0.3, -0.25) is 19.4 Å². The number of nitrogens with zero attached hydrogens (tertiary/aromatic N) is 4. The molecule has 1 aromatic heterocycles. The molecular weight excluding hydrogens is 541 g/mol. The van der Waals surface area contributed by atoms with E-state index in [1.807, 2.05) is 12.1 Å². The highest BCUT2D eigenvalue weighted by molar-refractivity contribution is 7.13. The highest BCUT2D eigenvalue weighted by Crippen LogP contribution is 2.64. The highest BCUT2D eigenvalue weighted by atomic mass is 32.1. The third-order valence-corrected chi connectivity index (χ3v) is 11.5. The fourth-order valence-electron chi connectivity index (χ4n) is 8.65. The number of hydrogen-bond acceptors (Lipinski definition) is 7.